The lowest BCUT2D eigenvalue weighted by Gasteiger charge is -2.42. The van der Waals surface area contributed by atoms with Crippen LogP contribution >= 0.6 is 0 Å². The highest BCUT2D eigenvalue weighted by Crippen LogP contribution is 2.37. The molecule has 3 nitrogen and oxygen atoms in total. The first kappa shape index (κ1) is 15.4. The van der Waals surface area contributed by atoms with Crippen LogP contribution in [-0.2, 0) is 9.47 Å². The van der Waals surface area contributed by atoms with Gasteiger partial charge in [-0.1, -0.05) is 6.92 Å². The molecule has 0 spiro atoms. The Bertz CT molecular complexity index is 427. The molecule has 1 unspecified atom stereocenters. The Morgan fingerprint density at radius 1 is 1.25 bits per heavy atom. The smallest absolute Gasteiger partial charge is 0.126 e. The third kappa shape index (κ3) is 3.16. The van der Waals surface area contributed by atoms with E-state index < -0.39 is 17.2 Å². The van der Waals surface area contributed by atoms with Crippen molar-refractivity contribution in [2.75, 3.05) is 26.9 Å². The number of ether oxygens (including phenoxy) is 2. The van der Waals surface area contributed by atoms with Crippen LogP contribution in [0.15, 0.2) is 18.2 Å². The van der Waals surface area contributed by atoms with Gasteiger partial charge in [-0.05, 0) is 24.2 Å². The Morgan fingerprint density at radius 3 is 2.35 bits per heavy atom. The molecule has 0 saturated carbocycles. The monoisotopic (exact) mass is 285 g/mol. The van der Waals surface area contributed by atoms with E-state index in [4.69, 9.17) is 9.47 Å². The van der Waals surface area contributed by atoms with Crippen LogP contribution in [0, 0.1) is 11.6 Å². The molecule has 1 aliphatic rings. The zero-order valence-corrected chi connectivity index (χ0v) is 11.9. The standard InChI is InChI=1S/C15H21F2NO2/c1-3-18-14(11-8-12(16)10-13(17)9-11)15(19-2)4-6-20-7-5-15/h8-10,14,18H,3-7H2,1-2H3. The molecule has 0 bridgehead atoms. The number of benzene rings is 1. The molecule has 0 radical (unpaired) electrons. The van der Waals surface area contributed by atoms with Crippen molar-refractivity contribution in [3.63, 3.8) is 0 Å². The predicted octanol–water partition coefficient (Wildman–Crippen LogP) is 2.81. The van der Waals surface area contributed by atoms with Gasteiger partial charge in [-0.25, -0.2) is 8.78 Å². The molecule has 20 heavy (non-hydrogen) atoms. The Balaban J connectivity index is 2.37. The van der Waals surface area contributed by atoms with Gasteiger partial charge in [0, 0.05) is 39.2 Å². The van der Waals surface area contributed by atoms with E-state index in [1.165, 1.54) is 12.1 Å². The summed E-state index contributed by atoms with van der Waals surface area (Å²) in [6, 6.07) is 3.36. The van der Waals surface area contributed by atoms with Crippen LogP contribution in [-0.4, -0.2) is 32.5 Å². The SMILES string of the molecule is CCNC(c1cc(F)cc(F)c1)C1(OC)CCOCC1. The quantitative estimate of drug-likeness (QED) is 0.902. The lowest BCUT2D eigenvalue weighted by molar-refractivity contribution is -0.111. The van der Waals surface area contributed by atoms with E-state index in [1.807, 2.05) is 6.92 Å². The Labute approximate surface area is 118 Å². The van der Waals surface area contributed by atoms with Crippen LogP contribution in [0.3, 0.4) is 0 Å². The van der Waals surface area contributed by atoms with Gasteiger partial charge < -0.3 is 14.8 Å². The molecular formula is C15H21F2NO2. The predicted molar refractivity (Wildman–Crippen MR) is 72.6 cm³/mol. The minimum atomic E-state index is -0.568. The molecule has 112 valence electrons. The zero-order valence-electron chi connectivity index (χ0n) is 11.9. The van der Waals surface area contributed by atoms with Gasteiger partial charge >= 0.3 is 0 Å². The summed E-state index contributed by atoms with van der Waals surface area (Å²) in [5.74, 6) is -1.14. The fourth-order valence-corrected chi connectivity index (χ4v) is 2.88. The van der Waals surface area contributed by atoms with E-state index in [0.29, 0.717) is 38.2 Å². The van der Waals surface area contributed by atoms with E-state index >= 15 is 0 Å². The van der Waals surface area contributed by atoms with Crippen LogP contribution in [0.2, 0.25) is 0 Å². The summed E-state index contributed by atoms with van der Waals surface area (Å²) in [7, 11) is 1.64. The van der Waals surface area contributed by atoms with E-state index in [9.17, 15) is 8.78 Å². The largest absolute Gasteiger partial charge is 0.381 e. The van der Waals surface area contributed by atoms with Crippen LogP contribution in [0.4, 0.5) is 8.78 Å². The fourth-order valence-electron chi connectivity index (χ4n) is 2.88. The molecule has 1 saturated heterocycles. The van der Waals surface area contributed by atoms with E-state index in [2.05, 4.69) is 5.32 Å². The maximum absolute atomic E-state index is 13.5. The number of methoxy groups -OCH3 is 1. The van der Waals surface area contributed by atoms with Crippen molar-refractivity contribution in [1.29, 1.82) is 0 Å². The number of halogens is 2. The molecule has 1 aromatic rings. The number of rotatable bonds is 5. The van der Waals surface area contributed by atoms with Crippen molar-refractivity contribution in [3.05, 3.63) is 35.4 Å². The van der Waals surface area contributed by atoms with Gasteiger partial charge in [0.25, 0.3) is 0 Å². The molecular weight excluding hydrogens is 264 g/mol. The highest BCUT2D eigenvalue weighted by Gasteiger charge is 2.41. The third-order valence-electron chi connectivity index (χ3n) is 3.90. The number of hydrogen-bond acceptors (Lipinski definition) is 3. The maximum atomic E-state index is 13.5. The lowest BCUT2D eigenvalue weighted by atomic mass is 9.82. The molecule has 0 amide bonds. The normalized spacial score (nSPS) is 19.8. The van der Waals surface area contributed by atoms with Gasteiger partial charge in [0.2, 0.25) is 0 Å². The highest BCUT2D eigenvalue weighted by atomic mass is 19.1. The average Bonchev–Trinajstić information content (AvgIpc) is 2.44. The van der Waals surface area contributed by atoms with Gasteiger partial charge in [-0.15, -0.1) is 0 Å². The molecule has 0 aliphatic carbocycles. The summed E-state index contributed by atoms with van der Waals surface area (Å²) < 4.78 is 38.1. The molecule has 0 aromatic heterocycles. The van der Waals surface area contributed by atoms with E-state index in [0.717, 1.165) is 6.07 Å². The molecule has 1 aliphatic heterocycles. The number of likely N-dealkylation sites (N-methyl/N-ethyl adjacent to an activating group) is 1. The summed E-state index contributed by atoms with van der Waals surface area (Å²) in [4.78, 5) is 0. The van der Waals surface area contributed by atoms with E-state index in [1.54, 1.807) is 7.11 Å². The van der Waals surface area contributed by atoms with Crippen LogP contribution in [0.5, 0.6) is 0 Å². The van der Waals surface area contributed by atoms with Crippen molar-refractivity contribution in [3.8, 4) is 0 Å². The van der Waals surface area contributed by atoms with Crippen molar-refractivity contribution < 1.29 is 18.3 Å². The first-order valence-corrected chi connectivity index (χ1v) is 6.93. The van der Waals surface area contributed by atoms with Crippen LogP contribution in [0.25, 0.3) is 0 Å². The second-order valence-electron chi connectivity index (χ2n) is 5.07. The van der Waals surface area contributed by atoms with Gasteiger partial charge in [0.15, 0.2) is 0 Å². The summed E-state index contributed by atoms with van der Waals surface area (Å²) in [6.07, 6.45) is 1.39. The molecule has 1 atom stereocenters. The lowest BCUT2D eigenvalue weighted by Crippen LogP contribution is -2.49. The first-order valence-electron chi connectivity index (χ1n) is 6.93. The Hall–Kier alpha value is -1.04. The van der Waals surface area contributed by atoms with Gasteiger partial charge in [0.1, 0.15) is 11.6 Å². The minimum absolute atomic E-state index is 0.258. The van der Waals surface area contributed by atoms with Crippen LogP contribution in [0.1, 0.15) is 31.4 Å². The molecule has 1 fully saturated rings. The molecule has 1 heterocycles. The van der Waals surface area contributed by atoms with Crippen LogP contribution < -0.4 is 5.32 Å². The second-order valence-corrected chi connectivity index (χ2v) is 5.07. The van der Waals surface area contributed by atoms with E-state index in [-0.39, 0.29) is 6.04 Å². The number of nitrogens with one attached hydrogen (secondary N) is 1. The molecule has 5 heteroatoms. The summed E-state index contributed by atoms with van der Waals surface area (Å²) in [6.45, 7) is 3.83. The van der Waals surface area contributed by atoms with Gasteiger partial charge in [0.05, 0.1) is 11.6 Å². The second kappa shape index (κ2) is 6.61. The Kier molecular flexibility index (Phi) is 5.07. The maximum Gasteiger partial charge on any atom is 0.126 e. The zero-order chi connectivity index (χ0) is 14.6. The average molecular weight is 285 g/mol. The number of hydrogen-bond donors (Lipinski definition) is 1. The molecule has 1 N–H and O–H groups in total. The minimum Gasteiger partial charge on any atom is -0.381 e. The first-order chi connectivity index (χ1) is 9.61. The Morgan fingerprint density at radius 2 is 1.85 bits per heavy atom. The topological polar surface area (TPSA) is 30.5 Å². The van der Waals surface area contributed by atoms with Crippen molar-refractivity contribution in [1.82, 2.24) is 5.32 Å². The van der Waals surface area contributed by atoms with Gasteiger partial charge in [-0.2, -0.15) is 0 Å². The van der Waals surface area contributed by atoms with Crippen molar-refractivity contribution in [2.45, 2.75) is 31.4 Å². The van der Waals surface area contributed by atoms with Crippen molar-refractivity contribution >= 4 is 0 Å². The summed E-state index contributed by atoms with van der Waals surface area (Å²) in [5.41, 5.74) is 0.0854. The van der Waals surface area contributed by atoms with Crippen molar-refractivity contribution in [2.24, 2.45) is 0 Å². The highest BCUT2D eigenvalue weighted by molar-refractivity contribution is 5.25. The summed E-state index contributed by atoms with van der Waals surface area (Å²) >= 11 is 0. The fraction of sp³-hybridized carbons (Fsp3) is 0.600. The molecule has 2 rings (SSSR count). The third-order valence-corrected chi connectivity index (χ3v) is 3.90. The molecule has 1 aromatic carbocycles. The van der Waals surface area contributed by atoms with Gasteiger partial charge in [-0.3, -0.25) is 0 Å². The summed E-state index contributed by atoms with van der Waals surface area (Å²) in [5, 5.41) is 3.30.